The SMILES string of the molecule is O=C(c1ccn2nccc2c1)N1CCc2[nH]nc(C3CC3)c2CC1. The molecule has 1 fully saturated rings. The minimum atomic E-state index is 0.102. The molecule has 1 aliphatic carbocycles. The number of nitrogens with zero attached hydrogens (tertiary/aromatic N) is 4. The van der Waals surface area contributed by atoms with E-state index in [1.165, 1.54) is 29.8 Å². The molecule has 24 heavy (non-hydrogen) atoms. The summed E-state index contributed by atoms with van der Waals surface area (Å²) in [6.45, 7) is 1.50. The number of pyridine rings is 1. The van der Waals surface area contributed by atoms with Crippen molar-refractivity contribution >= 4 is 11.4 Å². The van der Waals surface area contributed by atoms with E-state index in [-0.39, 0.29) is 5.91 Å². The van der Waals surface area contributed by atoms with Crippen molar-refractivity contribution in [1.29, 1.82) is 0 Å². The third-order valence-electron chi connectivity index (χ3n) is 5.15. The second-order valence-electron chi connectivity index (χ2n) is 6.75. The van der Waals surface area contributed by atoms with Crippen LogP contribution >= 0.6 is 0 Å². The molecule has 0 atom stereocenters. The number of nitrogens with one attached hydrogen (secondary N) is 1. The van der Waals surface area contributed by atoms with Crippen molar-refractivity contribution in [3.05, 3.63) is 53.1 Å². The van der Waals surface area contributed by atoms with Gasteiger partial charge >= 0.3 is 0 Å². The molecule has 1 amide bonds. The summed E-state index contributed by atoms with van der Waals surface area (Å²) in [7, 11) is 0. The van der Waals surface area contributed by atoms with E-state index in [0.717, 1.165) is 37.0 Å². The summed E-state index contributed by atoms with van der Waals surface area (Å²) in [6.07, 6.45) is 7.86. The van der Waals surface area contributed by atoms with Crippen LogP contribution in [-0.2, 0) is 12.8 Å². The van der Waals surface area contributed by atoms with Crippen LogP contribution < -0.4 is 0 Å². The molecule has 0 saturated heterocycles. The normalized spacial score (nSPS) is 17.8. The Morgan fingerprint density at radius 1 is 1.21 bits per heavy atom. The van der Waals surface area contributed by atoms with Gasteiger partial charge in [-0.25, -0.2) is 4.52 Å². The van der Waals surface area contributed by atoms with Crippen molar-refractivity contribution in [3.63, 3.8) is 0 Å². The molecule has 1 saturated carbocycles. The molecule has 3 aromatic heterocycles. The standard InChI is InChI=1S/C18H19N5O/c24-18(13-4-10-23-14(11-13)3-7-19-23)22-8-5-15-16(6-9-22)20-21-17(15)12-1-2-12/h3-4,7,10-12H,1-2,5-6,8-9H2,(H,20,21). The van der Waals surface area contributed by atoms with E-state index in [9.17, 15) is 4.79 Å². The van der Waals surface area contributed by atoms with E-state index >= 15 is 0 Å². The van der Waals surface area contributed by atoms with Crippen LogP contribution in [-0.4, -0.2) is 43.7 Å². The maximum atomic E-state index is 12.9. The predicted octanol–water partition coefficient (Wildman–Crippen LogP) is 2.18. The van der Waals surface area contributed by atoms with E-state index in [4.69, 9.17) is 0 Å². The van der Waals surface area contributed by atoms with Crippen molar-refractivity contribution in [1.82, 2.24) is 24.7 Å². The first kappa shape index (κ1) is 13.8. The number of carbonyl (C=O) groups is 1. The number of rotatable bonds is 2. The second kappa shape index (κ2) is 5.19. The Labute approximate surface area is 139 Å². The Morgan fingerprint density at radius 3 is 2.96 bits per heavy atom. The highest BCUT2D eigenvalue weighted by molar-refractivity contribution is 5.95. The first-order valence-electron chi connectivity index (χ1n) is 8.58. The topological polar surface area (TPSA) is 66.3 Å². The molecule has 1 N–H and O–H groups in total. The highest BCUT2D eigenvalue weighted by Gasteiger charge is 2.31. The molecule has 3 aromatic rings. The van der Waals surface area contributed by atoms with Crippen molar-refractivity contribution < 1.29 is 4.79 Å². The van der Waals surface area contributed by atoms with Gasteiger partial charge in [0.1, 0.15) is 0 Å². The minimum absolute atomic E-state index is 0.102. The molecule has 0 unspecified atom stereocenters. The maximum Gasteiger partial charge on any atom is 0.254 e. The molecule has 6 heteroatoms. The zero-order valence-electron chi connectivity index (χ0n) is 13.4. The van der Waals surface area contributed by atoms with Gasteiger partial charge in [-0.15, -0.1) is 0 Å². The third-order valence-corrected chi connectivity index (χ3v) is 5.15. The van der Waals surface area contributed by atoms with Crippen LogP contribution in [0.5, 0.6) is 0 Å². The molecule has 4 heterocycles. The summed E-state index contributed by atoms with van der Waals surface area (Å²) < 4.78 is 1.78. The van der Waals surface area contributed by atoms with Crippen LogP contribution in [0, 0.1) is 0 Å². The van der Waals surface area contributed by atoms with Crippen molar-refractivity contribution in [2.75, 3.05) is 13.1 Å². The third kappa shape index (κ3) is 2.21. The van der Waals surface area contributed by atoms with Crippen LogP contribution in [0.1, 0.15) is 46.1 Å². The zero-order valence-corrected chi connectivity index (χ0v) is 13.4. The van der Waals surface area contributed by atoms with Gasteiger partial charge in [0.2, 0.25) is 0 Å². The van der Waals surface area contributed by atoms with Crippen LogP contribution in [0.4, 0.5) is 0 Å². The van der Waals surface area contributed by atoms with Gasteiger partial charge in [-0.3, -0.25) is 9.89 Å². The number of aromatic nitrogens is 4. The van der Waals surface area contributed by atoms with Crippen molar-refractivity contribution in [2.45, 2.75) is 31.6 Å². The fraction of sp³-hybridized carbons (Fsp3) is 0.389. The Balaban J connectivity index is 1.38. The first-order valence-corrected chi connectivity index (χ1v) is 8.58. The highest BCUT2D eigenvalue weighted by Crippen LogP contribution is 2.41. The Morgan fingerprint density at radius 2 is 2.08 bits per heavy atom. The molecule has 0 bridgehead atoms. The average Bonchev–Trinajstić information content (AvgIpc) is 3.27. The largest absolute Gasteiger partial charge is 0.338 e. The number of H-pyrrole nitrogens is 1. The van der Waals surface area contributed by atoms with E-state index in [1.807, 2.05) is 29.3 Å². The van der Waals surface area contributed by atoms with Gasteiger partial charge in [0.05, 0.1) is 11.2 Å². The summed E-state index contributed by atoms with van der Waals surface area (Å²) in [6, 6.07) is 5.68. The number of hydrogen-bond acceptors (Lipinski definition) is 3. The predicted molar refractivity (Wildman–Crippen MR) is 89.1 cm³/mol. The average molecular weight is 321 g/mol. The molecular formula is C18H19N5O. The molecular weight excluding hydrogens is 302 g/mol. The molecule has 0 spiro atoms. The van der Waals surface area contributed by atoms with E-state index in [1.54, 1.807) is 10.7 Å². The molecule has 2 aliphatic rings. The molecule has 1 aliphatic heterocycles. The van der Waals surface area contributed by atoms with Gasteiger partial charge in [-0.1, -0.05) is 0 Å². The van der Waals surface area contributed by atoms with Gasteiger partial charge in [-0.05, 0) is 43.0 Å². The van der Waals surface area contributed by atoms with Gasteiger partial charge < -0.3 is 4.90 Å². The summed E-state index contributed by atoms with van der Waals surface area (Å²) >= 11 is 0. The fourth-order valence-electron chi connectivity index (χ4n) is 3.64. The van der Waals surface area contributed by atoms with Crippen LogP contribution in [0.3, 0.4) is 0 Å². The van der Waals surface area contributed by atoms with Crippen LogP contribution in [0.2, 0.25) is 0 Å². The number of amides is 1. The van der Waals surface area contributed by atoms with E-state index in [2.05, 4.69) is 15.3 Å². The smallest absolute Gasteiger partial charge is 0.254 e. The van der Waals surface area contributed by atoms with Gasteiger partial charge in [0.25, 0.3) is 5.91 Å². The minimum Gasteiger partial charge on any atom is -0.338 e. The maximum absolute atomic E-state index is 12.9. The van der Waals surface area contributed by atoms with Crippen LogP contribution in [0.15, 0.2) is 30.6 Å². The van der Waals surface area contributed by atoms with Crippen molar-refractivity contribution in [3.8, 4) is 0 Å². The zero-order chi connectivity index (χ0) is 16.1. The summed E-state index contributed by atoms with van der Waals surface area (Å²) in [4.78, 5) is 14.9. The molecule has 0 radical (unpaired) electrons. The summed E-state index contributed by atoms with van der Waals surface area (Å²) in [5.41, 5.74) is 5.51. The van der Waals surface area contributed by atoms with Gasteiger partial charge in [0.15, 0.2) is 0 Å². The number of carbonyl (C=O) groups excluding carboxylic acids is 1. The number of aromatic amines is 1. The van der Waals surface area contributed by atoms with Gasteiger partial charge in [0, 0.05) is 49.1 Å². The Kier molecular flexibility index (Phi) is 2.98. The molecule has 5 rings (SSSR count). The molecule has 122 valence electrons. The Bertz CT molecular complexity index is 921. The van der Waals surface area contributed by atoms with Gasteiger partial charge in [-0.2, -0.15) is 10.2 Å². The monoisotopic (exact) mass is 321 g/mol. The number of fused-ring (bicyclic) bond motifs is 2. The molecule has 0 aromatic carbocycles. The lowest BCUT2D eigenvalue weighted by molar-refractivity contribution is 0.0762. The number of hydrogen-bond donors (Lipinski definition) is 1. The van der Waals surface area contributed by atoms with E-state index < -0.39 is 0 Å². The fourth-order valence-corrected chi connectivity index (χ4v) is 3.64. The summed E-state index contributed by atoms with van der Waals surface area (Å²) in [5.74, 6) is 0.751. The second-order valence-corrected chi connectivity index (χ2v) is 6.75. The van der Waals surface area contributed by atoms with Crippen molar-refractivity contribution in [2.24, 2.45) is 0 Å². The van der Waals surface area contributed by atoms with E-state index in [0.29, 0.717) is 5.92 Å². The lowest BCUT2D eigenvalue weighted by Crippen LogP contribution is -2.33. The lowest BCUT2D eigenvalue weighted by atomic mass is 10.1. The lowest BCUT2D eigenvalue weighted by Gasteiger charge is -2.20. The molecule has 6 nitrogen and oxygen atoms in total. The Hall–Kier alpha value is -2.63. The first-order chi connectivity index (χ1) is 11.8. The highest BCUT2D eigenvalue weighted by atomic mass is 16.2. The van der Waals surface area contributed by atoms with Crippen LogP contribution in [0.25, 0.3) is 5.52 Å². The quantitative estimate of drug-likeness (QED) is 0.787. The summed E-state index contributed by atoms with van der Waals surface area (Å²) in [5, 5.41) is 11.9.